The highest BCUT2D eigenvalue weighted by Gasteiger charge is 2.39. The molecule has 1 aliphatic heterocycles. The summed E-state index contributed by atoms with van der Waals surface area (Å²) in [6.07, 6.45) is 6.63. The zero-order chi connectivity index (χ0) is 10.0. The largest absolute Gasteiger partial charge is 0.393 e. The summed E-state index contributed by atoms with van der Waals surface area (Å²) in [6.45, 7) is 3.19. The lowest BCUT2D eigenvalue weighted by molar-refractivity contribution is 0.0243. The number of nitrogens with two attached hydrogens (primary N) is 1. The lowest BCUT2D eigenvalue weighted by Crippen LogP contribution is -2.55. The minimum Gasteiger partial charge on any atom is -0.393 e. The number of aliphatic hydroxyl groups excluding tert-OH is 1. The molecule has 1 saturated carbocycles. The molecule has 0 amide bonds. The van der Waals surface area contributed by atoms with Crippen molar-refractivity contribution in [1.82, 2.24) is 4.90 Å². The average Bonchev–Trinajstić information content (AvgIpc) is 2.73. The molecule has 2 aliphatic rings. The number of nitrogens with zero attached hydrogens (tertiary/aromatic N) is 1. The van der Waals surface area contributed by atoms with Crippen molar-refractivity contribution in [3.63, 3.8) is 0 Å². The van der Waals surface area contributed by atoms with E-state index in [1.54, 1.807) is 0 Å². The van der Waals surface area contributed by atoms with Gasteiger partial charge in [-0.05, 0) is 51.6 Å². The molecule has 3 heteroatoms. The Morgan fingerprint density at radius 1 is 1.21 bits per heavy atom. The van der Waals surface area contributed by atoms with Crippen LogP contribution in [-0.2, 0) is 0 Å². The molecule has 3 nitrogen and oxygen atoms in total. The van der Waals surface area contributed by atoms with Crippen molar-refractivity contribution in [2.75, 3.05) is 19.6 Å². The van der Waals surface area contributed by atoms with E-state index in [2.05, 4.69) is 4.90 Å². The second kappa shape index (κ2) is 4.17. The van der Waals surface area contributed by atoms with Gasteiger partial charge >= 0.3 is 0 Å². The van der Waals surface area contributed by atoms with Crippen LogP contribution in [0, 0.1) is 0 Å². The first kappa shape index (κ1) is 10.4. The number of rotatable bonds is 2. The molecule has 0 aromatic heterocycles. The molecule has 0 aromatic carbocycles. The summed E-state index contributed by atoms with van der Waals surface area (Å²) in [5, 5.41) is 9.52. The van der Waals surface area contributed by atoms with E-state index < -0.39 is 0 Å². The van der Waals surface area contributed by atoms with Crippen LogP contribution in [0.5, 0.6) is 0 Å². The van der Waals surface area contributed by atoms with E-state index in [1.165, 1.54) is 25.9 Å². The molecule has 1 saturated heterocycles. The molecule has 0 unspecified atom stereocenters. The molecule has 0 radical (unpaired) electrons. The third kappa shape index (κ3) is 1.81. The molecule has 2 rings (SSSR count). The van der Waals surface area contributed by atoms with Crippen molar-refractivity contribution in [3.05, 3.63) is 0 Å². The van der Waals surface area contributed by atoms with Crippen LogP contribution < -0.4 is 5.73 Å². The van der Waals surface area contributed by atoms with Crippen LogP contribution in [0.2, 0.25) is 0 Å². The summed E-state index contributed by atoms with van der Waals surface area (Å²) in [5.41, 5.74) is 6.17. The Bertz CT molecular complexity index is 182. The summed E-state index contributed by atoms with van der Waals surface area (Å²) in [6, 6.07) is 0. The van der Waals surface area contributed by atoms with E-state index in [0.717, 1.165) is 32.2 Å². The number of hydrogen-bond donors (Lipinski definition) is 2. The topological polar surface area (TPSA) is 49.5 Å². The van der Waals surface area contributed by atoms with Gasteiger partial charge in [0.2, 0.25) is 0 Å². The molecule has 2 fully saturated rings. The van der Waals surface area contributed by atoms with Crippen molar-refractivity contribution < 1.29 is 5.11 Å². The first-order valence-corrected chi connectivity index (χ1v) is 5.90. The van der Waals surface area contributed by atoms with Gasteiger partial charge in [0.15, 0.2) is 0 Å². The van der Waals surface area contributed by atoms with Gasteiger partial charge in [-0.25, -0.2) is 0 Å². The van der Waals surface area contributed by atoms with Crippen LogP contribution in [0.15, 0.2) is 0 Å². The maximum atomic E-state index is 9.52. The molecule has 0 aromatic rings. The Balaban J connectivity index is 2.01. The molecule has 0 spiro atoms. The molecular weight excluding hydrogens is 176 g/mol. The van der Waals surface area contributed by atoms with Crippen LogP contribution in [0.1, 0.15) is 38.5 Å². The SMILES string of the molecule is NCC1(N2CCCC2)CCC(O)CC1. The fourth-order valence-corrected chi connectivity index (χ4v) is 2.98. The molecule has 82 valence electrons. The maximum Gasteiger partial charge on any atom is 0.0541 e. The summed E-state index contributed by atoms with van der Waals surface area (Å²) < 4.78 is 0. The van der Waals surface area contributed by atoms with Crippen LogP contribution in [-0.4, -0.2) is 41.3 Å². The fraction of sp³-hybridized carbons (Fsp3) is 1.00. The second-order valence-corrected chi connectivity index (χ2v) is 4.85. The van der Waals surface area contributed by atoms with Crippen LogP contribution >= 0.6 is 0 Å². The standard InChI is InChI=1S/C11H22N2O/c12-9-11(13-7-1-2-8-13)5-3-10(14)4-6-11/h10,14H,1-9,12H2. The van der Waals surface area contributed by atoms with Gasteiger partial charge in [-0.3, -0.25) is 4.90 Å². The van der Waals surface area contributed by atoms with Gasteiger partial charge in [0, 0.05) is 12.1 Å². The van der Waals surface area contributed by atoms with Gasteiger partial charge in [0.05, 0.1) is 6.10 Å². The lowest BCUT2D eigenvalue weighted by Gasteiger charge is -2.45. The van der Waals surface area contributed by atoms with E-state index >= 15 is 0 Å². The van der Waals surface area contributed by atoms with Gasteiger partial charge < -0.3 is 10.8 Å². The Morgan fingerprint density at radius 3 is 2.29 bits per heavy atom. The lowest BCUT2D eigenvalue weighted by atomic mass is 9.79. The highest BCUT2D eigenvalue weighted by atomic mass is 16.3. The molecular formula is C11H22N2O. The fourth-order valence-electron chi connectivity index (χ4n) is 2.98. The van der Waals surface area contributed by atoms with Crippen LogP contribution in [0.4, 0.5) is 0 Å². The number of hydrogen-bond acceptors (Lipinski definition) is 3. The highest BCUT2D eigenvalue weighted by molar-refractivity contribution is 4.97. The Morgan fingerprint density at radius 2 is 1.79 bits per heavy atom. The third-order valence-electron chi connectivity index (χ3n) is 4.04. The van der Waals surface area contributed by atoms with Crippen molar-refractivity contribution in [1.29, 1.82) is 0 Å². The van der Waals surface area contributed by atoms with Gasteiger partial charge in [-0.1, -0.05) is 0 Å². The summed E-state index contributed by atoms with van der Waals surface area (Å²) in [7, 11) is 0. The predicted octanol–water partition coefficient (Wildman–Crippen LogP) is 0.715. The van der Waals surface area contributed by atoms with Crippen LogP contribution in [0.3, 0.4) is 0 Å². The van der Waals surface area contributed by atoms with E-state index in [9.17, 15) is 5.11 Å². The van der Waals surface area contributed by atoms with Gasteiger partial charge in [-0.15, -0.1) is 0 Å². The first-order valence-electron chi connectivity index (χ1n) is 5.90. The van der Waals surface area contributed by atoms with Crippen molar-refractivity contribution in [2.45, 2.75) is 50.2 Å². The van der Waals surface area contributed by atoms with Gasteiger partial charge in [0.25, 0.3) is 0 Å². The van der Waals surface area contributed by atoms with Crippen molar-refractivity contribution in [2.24, 2.45) is 5.73 Å². The molecule has 1 heterocycles. The minimum atomic E-state index is -0.0720. The second-order valence-electron chi connectivity index (χ2n) is 4.85. The van der Waals surface area contributed by atoms with E-state index in [-0.39, 0.29) is 11.6 Å². The monoisotopic (exact) mass is 198 g/mol. The van der Waals surface area contributed by atoms with E-state index in [1.807, 2.05) is 0 Å². The number of likely N-dealkylation sites (tertiary alicyclic amines) is 1. The molecule has 1 aliphatic carbocycles. The predicted molar refractivity (Wildman–Crippen MR) is 57.1 cm³/mol. The van der Waals surface area contributed by atoms with Gasteiger partial charge in [0.1, 0.15) is 0 Å². The Kier molecular flexibility index (Phi) is 3.10. The first-order chi connectivity index (χ1) is 6.77. The zero-order valence-electron chi connectivity index (χ0n) is 8.91. The molecule has 0 bridgehead atoms. The van der Waals surface area contributed by atoms with Crippen LogP contribution in [0.25, 0.3) is 0 Å². The summed E-state index contributed by atoms with van der Waals surface area (Å²) in [4.78, 5) is 2.57. The van der Waals surface area contributed by atoms with Crippen molar-refractivity contribution in [3.8, 4) is 0 Å². The highest BCUT2D eigenvalue weighted by Crippen LogP contribution is 2.35. The summed E-state index contributed by atoms with van der Waals surface area (Å²) >= 11 is 0. The quantitative estimate of drug-likeness (QED) is 0.687. The van der Waals surface area contributed by atoms with Crippen molar-refractivity contribution >= 4 is 0 Å². The molecule has 3 N–H and O–H groups in total. The minimum absolute atomic E-state index is 0.0720. The number of aliphatic hydroxyl groups is 1. The normalized spacial score (nSPS) is 40.3. The smallest absolute Gasteiger partial charge is 0.0541 e. The van der Waals surface area contributed by atoms with E-state index in [0.29, 0.717) is 0 Å². The Labute approximate surface area is 86.3 Å². The zero-order valence-corrected chi connectivity index (χ0v) is 8.91. The average molecular weight is 198 g/mol. The summed E-state index contributed by atoms with van der Waals surface area (Å²) in [5.74, 6) is 0. The molecule has 14 heavy (non-hydrogen) atoms. The molecule has 0 atom stereocenters. The van der Waals surface area contributed by atoms with E-state index in [4.69, 9.17) is 5.73 Å². The third-order valence-corrected chi connectivity index (χ3v) is 4.04. The maximum absolute atomic E-state index is 9.52. The van der Waals surface area contributed by atoms with Gasteiger partial charge in [-0.2, -0.15) is 0 Å². The Hall–Kier alpha value is -0.120.